The molecule has 0 N–H and O–H groups in total. The summed E-state index contributed by atoms with van der Waals surface area (Å²) in [6.07, 6.45) is 0. The summed E-state index contributed by atoms with van der Waals surface area (Å²) in [6.45, 7) is 30.6. The van der Waals surface area contributed by atoms with E-state index in [0.29, 0.717) is 0 Å². The molecule has 0 aromatic heterocycles. The van der Waals surface area contributed by atoms with Crippen LogP contribution in [0.2, 0.25) is 78.6 Å². The minimum atomic E-state index is -2.12. The van der Waals surface area contributed by atoms with Gasteiger partial charge in [0.05, 0.1) is 43.7 Å². The Bertz CT molecular complexity index is 2230. The first-order valence-electron chi connectivity index (χ1n) is 20.3. The minimum absolute atomic E-state index is 1.19. The Balaban J connectivity index is 1.81. The Morgan fingerprint density at radius 1 is 0.304 bits per heavy atom. The molecule has 0 aliphatic carbocycles. The maximum absolute atomic E-state index is 2.61. The predicted molar refractivity (Wildman–Crippen MR) is 263 cm³/mol. The van der Waals surface area contributed by atoms with E-state index in [-0.39, 0.29) is 0 Å². The van der Waals surface area contributed by atoms with Gasteiger partial charge in [0.15, 0.2) is 0 Å². The average Bonchev–Trinajstić information content (AvgIpc) is 3.14. The van der Waals surface area contributed by atoms with E-state index in [0.717, 1.165) is 0 Å². The minimum Gasteiger partial charge on any atom is -0.310 e. The third-order valence-corrected chi connectivity index (χ3v) is 19.5. The lowest BCUT2D eigenvalue weighted by Gasteiger charge is -2.41. The van der Waals surface area contributed by atoms with Crippen molar-refractivity contribution in [2.75, 3.05) is 9.80 Å². The molecule has 0 aliphatic rings. The molecule has 0 bridgehead atoms. The molecule has 0 atom stereocenters. The van der Waals surface area contributed by atoms with Crippen molar-refractivity contribution >= 4 is 109 Å². The number of nitrogens with zero attached hydrogens (tertiary/aromatic N) is 2. The van der Waals surface area contributed by atoms with Crippen LogP contribution in [0.1, 0.15) is 0 Å². The van der Waals surface area contributed by atoms with E-state index in [2.05, 4.69) is 234 Å². The highest BCUT2D eigenvalue weighted by molar-refractivity contribution is 7.01. The lowest BCUT2D eigenvalue weighted by molar-refractivity contribution is 1.29. The molecule has 0 spiro atoms. The summed E-state index contributed by atoms with van der Waals surface area (Å²) in [5.74, 6) is 0. The third kappa shape index (κ3) is 7.64. The van der Waals surface area contributed by atoms with E-state index in [1.54, 1.807) is 20.7 Å². The second-order valence-electron chi connectivity index (χ2n) is 19.6. The molecule has 0 aliphatic heterocycles. The fourth-order valence-corrected chi connectivity index (χ4v) is 19.6. The summed E-state index contributed by atoms with van der Waals surface area (Å²) in [6, 6.07) is 54.8. The first-order valence-corrected chi connectivity index (χ1v) is 34.3. The average molecular weight is 801 g/mol. The van der Waals surface area contributed by atoms with E-state index in [9.17, 15) is 0 Å². The molecule has 0 saturated heterocycles. The van der Waals surface area contributed by atoms with Crippen LogP contribution in [0.3, 0.4) is 0 Å². The molecule has 0 saturated carbocycles. The van der Waals surface area contributed by atoms with Crippen LogP contribution in [-0.4, -0.2) is 32.3 Å². The maximum atomic E-state index is 2.61. The Morgan fingerprint density at radius 2 is 0.554 bits per heavy atom. The van der Waals surface area contributed by atoms with Gasteiger partial charge in [-0.2, -0.15) is 0 Å². The zero-order valence-electron chi connectivity index (χ0n) is 35.8. The van der Waals surface area contributed by atoms with Crippen LogP contribution in [0.4, 0.5) is 34.1 Å². The van der Waals surface area contributed by atoms with Gasteiger partial charge in [-0.05, 0) is 81.8 Å². The van der Waals surface area contributed by atoms with Crippen LogP contribution in [0.5, 0.6) is 0 Å². The second-order valence-corrected chi connectivity index (χ2v) is 39.7. The summed E-state index contributed by atoms with van der Waals surface area (Å²) in [5.41, 5.74) is 7.46. The molecular formula is C50H60N2Si4. The van der Waals surface area contributed by atoms with Crippen molar-refractivity contribution in [3.05, 3.63) is 146 Å². The van der Waals surface area contributed by atoms with Crippen LogP contribution >= 0.6 is 0 Å². The van der Waals surface area contributed by atoms with Crippen molar-refractivity contribution in [3.8, 4) is 0 Å². The number of anilines is 6. The molecule has 0 unspecified atom stereocenters. The molecule has 0 fully saturated rings. The van der Waals surface area contributed by atoms with Crippen LogP contribution in [-0.2, 0) is 0 Å². The number of hydrogen-bond acceptors (Lipinski definition) is 2. The number of benzene rings is 7. The molecule has 7 rings (SSSR count). The normalized spacial score (nSPS) is 12.6. The molecule has 0 heterocycles. The SMILES string of the molecule is C[Si](C)(C)c1cc2cc3c(N(c4ccccc4)c4ccccc4)c([Si](C)(C)C)c([Si](C)(C)C)c(N(c4ccccc4)c4ccccc4)c3cc2cc1[Si](C)(C)C. The summed E-state index contributed by atoms with van der Waals surface area (Å²) in [4.78, 5) is 5.20. The lowest BCUT2D eigenvalue weighted by atomic mass is 9.98. The lowest BCUT2D eigenvalue weighted by Crippen LogP contribution is -2.59. The van der Waals surface area contributed by atoms with Crippen molar-refractivity contribution in [1.82, 2.24) is 0 Å². The Morgan fingerprint density at radius 3 is 0.768 bits per heavy atom. The van der Waals surface area contributed by atoms with Crippen LogP contribution < -0.4 is 30.5 Å². The highest BCUT2D eigenvalue weighted by Crippen LogP contribution is 2.46. The molecular weight excluding hydrogens is 741 g/mol. The largest absolute Gasteiger partial charge is 0.310 e. The molecule has 2 nitrogen and oxygen atoms in total. The molecule has 0 radical (unpaired) electrons. The number of hydrogen-bond donors (Lipinski definition) is 0. The molecule has 56 heavy (non-hydrogen) atoms. The van der Waals surface area contributed by atoms with Gasteiger partial charge in [0.25, 0.3) is 0 Å². The Labute approximate surface area is 340 Å². The van der Waals surface area contributed by atoms with Gasteiger partial charge in [-0.25, -0.2) is 0 Å². The summed E-state index contributed by atoms with van der Waals surface area (Å²) in [7, 11) is -7.59. The standard InChI is InChI=1S/C50H60N2Si4/c1-53(2,3)45-35-37-33-43-44(34-38(37)36-46(45)54(4,5)6)48(52(41-29-21-15-22-30-41)42-31-23-16-24-32-42)50(56(10,11)12)49(55(7,8)9)47(43)51(39-25-17-13-18-26-39)40-27-19-14-20-28-40/h13-36H,1-12H3. The van der Waals surface area contributed by atoms with Crippen LogP contribution in [0, 0.1) is 0 Å². The number of rotatable bonds is 10. The summed E-state index contributed by atoms with van der Waals surface area (Å²) < 4.78 is 0. The van der Waals surface area contributed by atoms with Gasteiger partial charge in [0, 0.05) is 33.5 Å². The van der Waals surface area contributed by atoms with Crippen LogP contribution in [0.25, 0.3) is 21.5 Å². The molecule has 7 aromatic carbocycles. The van der Waals surface area contributed by atoms with E-state index in [1.165, 1.54) is 55.7 Å². The highest BCUT2D eigenvalue weighted by atomic mass is 28.3. The summed E-state index contributed by atoms with van der Waals surface area (Å²) in [5, 5.41) is 11.7. The van der Waals surface area contributed by atoms with E-state index in [1.807, 2.05) is 0 Å². The molecule has 6 heteroatoms. The monoisotopic (exact) mass is 800 g/mol. The summed E-state index contributed by atoms with van der Waals surface area (Å²) >= 11 is 0. The van der Waals surface area contributed by atoms with E-state index in [4.69, 9.17) is 0 Å². The fraction of sp³-hybridized carbons (Fsp3) is 0.240. The molecule has 0 amide bonds. The van der Waals surface area contributed by atoms with Crippen molar-refractivity contribution in [1.29, 1.82) is 0 Å². The Kier molecular flexibility index (Phi) is 10.5. The van der Waals surface area contributed by atoms with Gasteiger partial charge in [-0.1, -0.05) is 174 Å². The van der Waals surface area contributed by atoms with Crippen molar-refractivity contribution < 1.29 is 0 Å². The first-order chi connectivity index (χ1) is 26.4. The first kappa shape index (κ1) is 39.8. The van der Waals surface area contributed by atoms with Gasteiger partial charge in [0.1, 0.15) is 0 Å². The van der Waals surface area contributed by atoms with E-state index >= 15 is 0 Å². The molecule has 286 valence electrons. The van der Waals surface area contributed by atoms with Gasteiger partial charge in [-0.3, -0.25) is 0 Å². The third-order valence-electron chi connectivity index (χ3n) is 11.0. The van der Waals surface area contributed by atoms with Gasteiger partial charge in [0.2, 0.25) is 0 Å². The van der Waals surface area contributed by atoms with Gasteiger partial charge in [-0.15, -0.1) is 0 Å². The zero-order valence-corrected chi connectivity index (χ0v) is 39.8. The maximum Gasteiger partial charge on any atom is 0.0803 e. The Hall–Kier alpha value is -4.47. The van der Waals surface area contributed by atoms with E-state index < -0.39 is 32.3 Å². The van der Waals surface area contributed by atoms with Gasteiger partial charge >= 0.3 is 0 Å². The topological polar surface area (TPSA) is 6.48 Å². The quantitative estimate of drug-likeness (QED) is 0.100. The van der Waals surface area contributed by atoms with Crippen LogP contribution in [0.15, 0.2) is 146 Å². The number of fused-ring (bicyclic) bond motifs is 2. The number of para-hydroxylation sites is 4. The predicted octanol–water partition coefficient (Wildman–Crippen LogP) is 13.1. The smallest absolute Gasteiger partial charge is 0.0803 e. The van der Waals surface area contributed by atoms with Crippen molar-refractivity contribution in [2.45, 2.75) is 78.6 Å². The van der Waals surface area contributed by atoms with Crippen molar-refractivity contribution in [2.24, 2.45) is 0 Å². The van der Waals surface area contributed by atoms with Crippen molar-refractivity contribution in [3.63, 3.8) is 0 Å². The highest BCUT2D eigenvalue weighted by Gasteiger charge is 2.39. The van der Waals surface area contributed by atoms with Gasteiger partial charge < -0.3 is 9.80 Å². The zero-order chi connectivity index (χ0) is 40.2. The fourth-order valence-electron chi connectivity index (χ4n) is 8.54. The molecule has 7 aromatic rings. The second kappa shape index (κ2) is 14.8.